The molecule has 76 valence electrons. The fourth-order valence-electron chi connectivity index (χ4n) is 1.32. The van der Waals surface area contributed by atoms with Crippen LogP contribution in [0.25, 0.3) is 0 Å². The smallest absolute Gasteiger partial charge is 0.258 e. The van der Waals surface area contributed by atoms with Gasteiger partial charge in [-0.15, -0.1) is 0 Å². The number of hydrogen-bond donors (Lipinski definition) is 2. The van der Waals surface area contributed by atoms with Gasteiger partial charge in [0.15, 0.2) is 0 Å². The number of pyridine rings is 1. The lowest BCUT2D eigenvalue weighted by Gasteiger charge is -2.02. The summed E-state index contributed by atoms with van der Waals surface area (Å²) < 4.78 is 0. The van der Waals surface area contributed by atoms with Crippen LogP contribution in [-0.4, -0.2) is 15.9 Å². The molecule has 4 heteroatoms. The maximum Gasteiger partial charge on any atom is 0.258 e. The van der Waals surface area contributed by atoms with Gasteiger partial charge in [0.05, 0.1) is 5.56 Å². The van der Waals surface area contributed by atoms with Crippen molar-refractivity contribution in [1.82, 2.24) is 9.97 Å². The number of nitrogens with zero attached hydrogens (tertiary/aromatic N) is 1. The van der Waals surface area contributed by atoms with Crippen LogP contribution < -0.4 is 5.32 Å². The van der Waals surface area contributed by atoms with Crippen molar-refractivity contribution in [3.8, 4) is 0 Å². The molecule has 0 unspecified atom stereocenters. The monoisotopic (exact) mass is 201 g/mol. The zero-order valence-electron chi connectivity index (χ0n) is 8.32. The zero-order chi connectivity index (χ0) is 10.7. The molecule has 0 saturated heterocycles. The van der Waals surface area contributed by atoms with Gasteiger partial charge < -0.3 is 10.3 Å². The standard InChI is InChI=1S/C11H11N3O/c1-8-9(5-7-12-8)11(15)14-10-4-2-3-6-13-10/h2-7,12H,1H3,(H,13,14,15). The number of nitrogens with one attached hydrogen (secondary N) is 2. The molecule has 0 spiro atoms. The Morgan fingerprint density at radius 1 is 1.40 bits per heavy atom. The molecule has 0 aliphatic carbocycles. The van der Waals surface area contributed by atoms with Crippen molar-refractivity contribution in [2.45, 2.75) is 6.92 Å². The van der Waals surface area contributed by atoms with Crippen LogP contribution in [0.3, 0.4) is 0 Å². The highest BCUT2D eigenvalue weighted by Gasteiger charge is 2.09. The van der Waals surface area contributed by atoms with Crippen molar-refractivity contribution in [3.05, 3.63) is 47.9 Å². The first-order valence-electron chi connectivity index (χ1n) is 4.64. The van der Waals surface area contributed by atoms with Gasteiger partial charge in [-0.05, 0) is 25.1 Å². The first-order chi connectivity index (χ1) is 7.27. The lowest BCUT2D eigenvalue weighted by atomic mass is 10.2. The maximum absolute atomic E-state index is 11.7. The van der Waals surface area contributed by atoms with E-state index < -0.39 is 0 Å². The number of carbonyl (C=O) groups excluding carboxylic acids is 1. The number of H-pyrrole nitrogens is 1. The van der Waals surface area contributed by atoms with E-state index in [1.165, 1.54) is 0 Å². The van der Waals surface area contributed by atoms with Gasteiger partial charge in [0, 0.05) is 18.1 Å². The molecule has 2 rings (SSSR count). The van der Waals surface area contributed by atoms with Crippen LogP contribution in [0.2, 0.25) is 0 Å². The number of aryl methyl sites for hydroxylation is 1. The summed E-state index contributed by atoms with van der Waals surface area (Å²) in [6.45, 7) is 1.85. The number of amides is 1. The van der Waals surface area contributed by atoms with Crippen molar-refractivity contribution in [1.29, 1.82) is 0 Å². The Labute approximate surface area is 87.4 Å². The molecule has 0 fully saturated rings. The lowest BCUT2D eigenvalue weighted by Crippen LogP contribution is -2.13. The number of anilines is 1. The Balaban J connectivity index is 2.15. The molecule has 0 radical (unpaired) electrons. The van der Waals surface area contributed by atoms with Crippen molar-refractivity contribution in [2.24, 2.45) is 0 Å². The van der Waals surface area contributed by atoms with Gasteiger partial charge in [0.25, 0.3) is 5.91 Å². The molecule has 2 N–H and O–H groups in total. The summed E-state index contributed by atoms with van der Waals surface area (Å²) in [4.78, 5) is 18.7. The van der Waals surface area contributed by atoms with E-state index in [1.54, 1.807) is 30.6 Å². The van der Waals surface area contributed by atoms with Crippen LogP contribution in [0.5, 0.6) is 0 Å². The third-order valence-electron chi connectivity index (χ3n) is 2.10. The van der Waals surface area contributed by atoms with Gasteiger partial charge in [-0.3, -0.25) is 4.79 Å². The van der Waals surface area contributed by atoms with Gasteiger partial charge in [-0.25, -0.2) is 4.98 Å². The number of aromatic amines is 1. The molecule has 2 aromatic rings. The van der Waals surface area contributed by atoms with E-state index in [0.717, 1.165) is 5.69 Å². The number of aromatic nitrogens is 2. The van der Waals surface area contributed by atoms with E-state index in [2.05, 4.69) is 15.3 Å². The zero-order valence-corrected chi connectivity index (χ0v) is 8.32. The normalized spacial score (nSPS) is 9.93. The predicted molar refractivity (Wildman–Crippen MR) is 57.7 cm³/mol. The Morgan fingerprint density at radius 2 is 2.27 bits per heavy atom. The van der Waals surface area contributed by atoms with Crippen LogP contribution >= 0.6 is 0 Å². The maximum atomic E-state index is 11.7. The second-order valence-electron chi connectivity index (χ2n) is 3.19. The van der Waals surface area contributed by atoms with Gasteiger partial charge in [0.2, 0.25) is 0 Å². The Morgan fingerprint density at radius 3 is 2.87 bits per heavy atom. The second-order valence-corrected chi connectivity index (χ2v) is 3.19. The van der Waals surface area contributed by atoms with Gasteiger partial charge >= 0.3 is 0 Å². The summed E-state index contributed by atoms with van der Waals surface area (Å²) in [7, 11) is 0. The van der Waals surface area contributed by atoms with Crippen molar-refractivity contribution < 1.29 is 4.79 Å². The summed E-state index contributed by atoms with van der Waals surface area (Å²) in [6.07, 6.45) is 3.38. The molecule has 4 nitrogen and oxygen atoms in total. The summed E-state index contributed by atoms with van der Waals surface area (Å²) in [5, 5.41) is 2.72. The molecule has 0 aliphatic rings. The highest BCUT2D eigenvalue weighted by atomic mass is 16.1. The highest BCUT2D eigenvalue weighted by Crippen LogP contribution is 2.08. The third-order valence-corrected chi connectivity index (χ3v) is 2.10. The minimum Gasteiger partial charge on any atom is -0.365 e. The SMILES string of the molecule is Cc1[nH]ccc1C(=O)Nc1ccccn1. The topological polar surface area (TPSA) is 57.8 Å². The van der Waals surface area contributed by atoms with Crippen LogP contribution in [-0.2, 0) is 0 Å². The fraction of sp³-hybridized carbons (Fsp3) is 0.0909. The first kappa shape index (κ1) is 9.45. The molecule has 2 heterocycles. The molecule has 0 saturated carbocycles. The molecule has 0 aromatic carbocycles. The van der Waals surface area contributed by atoms with Gasteiger partial charge in [0.1, 0.15) is 5.82 Å². The quantitative estimate of drug-likeness (QED) is 0.780. The first-order valence-corrected chi connectivity index (χ1v) is 4.64. The molecule has 0 bridgehead atoms. The summed E-state index contributed by atoms with van der Waals surface area (Å²) >= 11 is 0. The van der Waals surface area contributed by atoms with Crippen molar-refractivity contribution >= 4 is 11.7 Å². The number of rotatable bonds is 2. The Kier molecular flexibility index (Phi) is 2.49. The molecular formula is C11H11N3O. The van der Waals surface area contributed by atoms with E-state index in [0.29, 0.717) is 11.4 Å². The fourth-order valence-corrected chi connectivity index (χ4v) is 1.32. The Bertz CT molecular complexity index is 462. The summed E-state index contributed by atoms with van der Waals surface area (Å²) in [5.41, 5.74) is 1.49. The van der Waals surface area contributed by atoms with E-state index in [1.807, 2.05) is 13.0 Å². The molecule has 2 aromatic heterocycles. The van der Waals surface area contributed by atoms with Gasteiger partial charge in [-0.1, -0.05) is 6.07 Å². The molecule has 0 atom stereocenters. The number of hydrogen-bond acceptors (Lipinski definition) is 2. The minimum absolute atomic E-state index is 0.146. The van der Waals surface area contributed by atoms with Crippen LogP contribution in [0, 0.1) is 6.92 Å². The lowest BCUT2D eigenvalue weighted by molar-refractivity contribution is 0.102. The van der Waals surface area contributed by atoms with E-state index >= 15 is 0 Å². The van der Waals surface area contributed by atoms with Crippen molar-refractivity contribution in [2.75, 3.05) is 5.32 Å². The van der Waals surface area contributed by atoms with Crippen LogP contribution in [0.15, 0.2) is 36.7 Å². The molecule has 0 aliphatic heterocycles. The van der Waals surface area contributed by atoms with Crippen molar-refractivity contribution in [3.63, 3.8) is 0 Å². The number of carbonyl (C=O) groups is 1. The van der Waals surface area contributed by atoms with Crippen LogP contribution in [0.4, 0.5) is 5.82 Å². The average Bonchev–Trinajstić information content (AvgIpc) is 2.66. The Hall–Kier alpha value is -2.10. The summed E-state index contributed by atoms with van der Waals surface area (Å²) in [5.74, 6) is 0.413. The van der Waals surface area contributed by atoms with Gasteiger partial charge in [-0.2, -0.15) is 0 Å². The largest absolute Gasteiger partial charge is 0.365 e. The predicted octanol–water partition coefficient (Wildman–Crippen LogP) is 1.97. The van der Waals surface area contributed by atoms with E-state index in [9.17, 15) is 4.79 Å². The van der Waals surface area contributed by atoms with Crippen LogP contribution in [0.1, 0.15) is 16.1 Å². The molecular weight excluding hydrogens is 190 g/mol. The van der Waals surface area contributed by atoms with E-state index in [-0.39, 0.29) is 5.91 Å². The second kappa shape index (κ2) is 3.96. The van der Waals surface area contributed by atoms with E-state index in [4.69, 9.17) is 0 Å². The third kappa shape index (κ3) is 2.04. The molecule has 1 amide bonds. The summed E-state index contributed by atoms with van der Waals surface area (Å²) in [6, 6.07) is 7.12. The average molecular weight is 201 g/mol. The minimum atomic E-state index is -0.146. The highest BCUT2D eigenvalue weighted by molar-refractivity contribution is 6.04. The molecule has 15 heavy (non-hydrogen) atoms.